The van der Waals surface area contributed by atoms with E-state index >= 15 is 0 Å². The molecule has 1 aromatic rings. The van der Waals surface area contributed by atoms with Crippen LogP contribution in [-0.2, 0) is 0 Å². The standard InChI is InChI=1S/C11H13F2NO.ClH/c1-11(10(12)13)6-8(14)7-4-2-3-5-9(7)15-11;/h2-5,8,10H,6,14H2,1H3;1H/t8-,11-;/m1./s1. The van der Waals surface area contributed by atoms with E-state index in [-0.39, 0.29) is 24.9 Å². The summed E-state index contributed by atoms with van der Waals surface area (Å²) in [5, 5.41) is 0. The van der Waals surface area contributed by atoms with Gasteiger partial charge in [-0.2, -0.15) is 0 Å². The maximum absolute atomic E-state index is 12.8. The zero-order valence-corrected chi connectivity index (χ0v) is 9.64. The Morgan fingerprint density at radius 1 is 1.44 bits per heavy atom. The molecule has 2 atom stereocenters. The van der Waals surface area contributed by atoms with Gasteiger partial charge in [-0.25, -0.2) is 8.78 Å². The van der Waals surface area contributed by atoms with Gasteiger partial charge in [0.15, 0.2) is 5.60 Å². The molecule has 5 heteroatoms. The molecule has 1 heterocycles. The molecule has 0 fully saturated rings. The maximum atomic E-state index is 12.8. The van der Waals surface area contributed by atoms with E-state index in [1.54, 1.807) is 12.1 Å². The van der Waals surface area contributed by atoms with E-state index in [1.165, 1.54) is 6.92 Å². The number of rotatable bonds is 1. The summed E-state index contributed by atoms with van der Waals surface area (Å²) in [6, 6.07) is 6.68. The third-order valence-electron chi connectivity index (χ3n) is 2.75. The molecule has 90 valence electrons. The predicted octanol–water partition coefficient (Wildman–Crippen LogP) is 2.91. The summed E-state index contributed by atoms with van der Waals surface area (Å²) in [4.78, 5) is 0. The molecule has 2 rings (SSSR count). The minimum Gasteiger partial charge on any atom is -0.481 e. The van der Waals surface area contributed by atoms with E-state index in [0.29, 0.717) is 5.75 Å². The molecule has 1 aromatic carbocycles. The lowest BCUT2D eigenvalue weighted by Crippen LogP contribution is -2.46. The molecule has 0 spiro atoms. The molecule has 0 radical (unpaired) electrons. The van der Waals surface area contributed by atoms with Crippen molar-refractivity contribution < 1.29 is 13.5 Å². The molecule has 0 unspecified atom stereocenters. The van der Waals surface area contributed by atoms with Crippen LogP contribution in [0.25, 0.3) is 0 Å². The SMILES string of the molecule is C[C@]1(C(F)F)C[C@@H](N)c2ccccc2O1.Cl. The normalized spacial score (nSPS) is 27.9. The van der Waals surface area contributed by atoms with Crippen molar-refractivity contribution in [2.45, 2.75) is 31.4 Å². The Hall–Kier alpha value is -0.870. The Morgan fingerprint density at radius 3 is 2.69 bits per heavy atom. The van der Waals surface area contributed by atoms with Gasteiger partial charge in [-0.1, -0.05) is 18.2 Å². The average Bonchev–Trinajstić information content (AvgIpc) is 2.17. The number of benzene rings is 1. The van der Waals surface area contributed by atoms with E-state index < -0.39 is 12.0 Å². The number of alkyl halides is 2. The van der Waals surface area contributed by atoms with Crippen molar-refractivity contribution in [1.82, 2.24) is 0 Å². The molecule has 2 N–H and O–H groups in total. The molecule has 2 nitrogen and oxygen atoms in total. The second kappa shape index (κ2) is 4.55. The Kier molecular flexibility index (Phi) is 3.76. The van der Waals surface area contributed by atoms with Gasteiger partial charge in [-0.15, -0.1) is 12.4 Å². The molecule has 0 saturated carbocycles. The summed E-state index contributed by atoms with van der Waals surface area (Å²) >= 11 is 0. The van der Waals surface area contributed by atoms with Crippen LogP contribution in [-0.4, -0.2) is 12.0 Å². The first-order chi connectivity index (χ1) is 7.03. The van der Waals surface area contributed by atoms with Gasteiger partial charge in [0.25, 0.3) is 6.43 Å². The van der Waals surface area contributed by atoms with Gasteiger partial charge in [0.05, 0.1) is 0 Å². The van der Waals surface area contributed by atoms with Crippen LogP contribution in [0, 0.1) is 0 Å². The Bertz CT molecular complexity index is 375. The van der Waals surface area contributed by atoms with Crippen molar-refractivity contribution in [3.8, 4) is 5.75 Å². The van der Waals surface area contributed by atoms with Gasteiger partial charge >= 0.3 is 0 Å². The number of para-hydroxylation sites is 1. The van der Waals surface area contributed by atoms with Crippen LogP contribution in [0.3, 0.4) is 0 Å². The predicted molar refractivity (Wildman–Crippen MR) is 60.3 cm³/mol. The highest BCUT2D eigenvalue weighted by molar-refractivity contribution is 5.85. The third-order valence-corrected chi connectivity index (χ3v) is 2.75. The quantitative estimate of drug-likeness (QED) is 0.831. The average molecular weight is 250 g/mol. The van der Waals surface area contributed by atoms with Crippen molar-refractivity contribution >= 4 is 12.4 Å². The summed E-state index contributed by atoms with van der Waals surface area (Å²) in [7, 11) is 0. The maximum Gasteiger partial charge on any atom is 0.277 e. The van der Waals surface area contributed by atoms with Crippen LogP contribution in [0.1, 0.15) is 24.9 Å². The van der Waals surface area contributed by atoms with Crippen molar-refractivity contribution in [3.05, 3.63) is 29.8 Å². The Labute approximate surface area is 99.2 Å². The molecular weight excluding hydrogens is 236 g/mol. The largest absolute Gasteiger partial charge is 0.481 e. The van der Waals surface area contributed by atoms with Gasteiger partial charge in [0.1, 0.15) is 5.75 Å². The lowest BCUT2D eigenvalue weighted by Gasteiger charge is -2.37. The fraction of sp³-hybridized carbons (Fsp3) is 0.455. The molecule has 0 saturated heterocycles. The van der Waals surface area contributed by atoms with E-state index in [2.05, 4.69) is 0 Å². The van der Waals surface area contributed by atoms with Gasteiger partial charge in [-0.3, -0.25) is 0 Å². The molecule has 0 aliphatic carbocycles. The second-order valence-electron chi connectivity index (χ2n) is 4.06. The zero-order valence-electron chi connectivity index (χ0n) is 8.82. The minimum absolute atomic E-state index is 0. The second-order valence-corrected chi connectivity index (χ2v) is 4.06. The van der Waals surface area contributed by atoms with Gasteiger partial charge in [0.2, 0.25) is 0 Å². The Balaban J connectivity index is 0.00000128. The number of ether oxygens (including phenoxy) is 1. The smallest absolute Gasteiger partial charge is 0.277 e. The van der Waals surface area contributed by atoms with Crippen LogP contribution >= 0.6 is 12.4 Å². The van der Waals surface area contributed by atoms with Crippen LogP contribution in [0.4, 0.5) is 8.78 Å². The Morgan fingerprint density at radius 2 is 2.06 bits per heavy atom. The fourth-order valence-electron chi connectivity index (χ4n) is 1.85. The van der Waals surface area contributed by atoms with Crippen LogP contribution in [0.5, 0.6) is 5.75 Å². The highest BCUT2D eigenvalue weighted by atomic mass is 35.5. The number of fused-ring (bicyclic) bond motifs is 1. The van der Waals surface area contributed by atoms with Crippen LogP contribution < -0.4 is 10.5 Å². The zero-order chi connectivity index (χ0) is 11.1. The molecule has 0 amide bonds. The fourth-order valence-corrected chi connectivity index (χ4v) is 1.85. The molecule has 0 aromatic heterocycles. The summed E-state index contributed by atoms with van der Waals surface area (Å²) in [6.07, 6.45) is -2.39. The van der Waals surface area contributed by atoms with E-state index in [4.69, 9.17) is 10.5 Å². The van der Waals surface area contributed by atoms with E-state index in [0.717, 1.165) is 5.56 Å². The highest BCUT2D eigenvalue weighted by Crippen LogP contribution is 2.40. The molecule has 0 bridgehead atoms. The molecule has 16 heavy (non-hydrogen) atoms. The number of nitrogens with two attached hydrogens (primary N) is 1. The highest BCUT2D eigenvalue weighted by Gasteiger charge is 2.43. The molecule has 1 aliphatic heterocycles. The summed E-state index contributed by atoms with van der Waals surface area (Å²) in [5.74, 6) is 0.471. The number of hydrogen-bond acceptors (Lipinski definition) is 2. The van der Waals surface area contributed by atoms with E-state index in [1.807, 2.05) is 12.1 Å². The first-order valence-electron chi connectivity index (χ1n) is 4.84. The lowest BCUT2D eigenvalue weighted by molar-refractivity contribution is -0.0808. The molecule has 1 aliphatic rings. The van der Waals surface area contributed by atoms with Gasteiger partial charge in [0, 0.05) is 18.0 Å². The summed E-state index contributed by atoms with van der Waals surface area (Å²) < 4.78 is 30.9. The third kappa shape index (κ3) is 2.13. The minimum atomic E-state index is -2.53. The van der Waals surface area contributed by atoms with Crippen molar-refractivity contribution in [2.75, 3.05) is 0 Å². The first-order valence-corrected chi connectivity index (χ1v) is 4.84. The van der Waals surface area contributed by atoms with Crippen molar-refractivity contribution in [2.24, 2.45) is 5.73 Å². The van der Waals surface area contributed by atoms with Crippen molar-refractivity contribution in [3.63, 3.8) is 0 Å². The summed E-state index contributed by atoms with van der Waals surface area (Å²) in [5.41, 5.74) is 5.18. The number of halogens is 3. The van der Waals surface area contributed by atoms with E-state index in [9.17, 15) is 8.78 Å². The monoisotopic (exact) mass is 249 g/mol. The van der Waals surface area contributed by atoms with Crippen molar-refractivity contribution in [1.29, 1.82) is 0 Å². The van der Waals surface area contributed by atoms with Crippen LogP contribution in [0.2, 0.25) is 0 Å². The number of hydrogen-bond donors (Lipinski definition) is 1. The molecular formula is C11H14ClF2NO. The van der Waals surface area contributed by atoms with Crippen LogP contribution in [0.15, 0.2) is 24.3 Å². The van der Waals surface area contributed by atoms with Gasteiger partial charge in [-0.05, 0) is 13.0 Å². The lowest BCUT2D eigenvalue weighted by atomic mass is 9.89. The first kappa shape index (κ1) is 13.2. The van der Waals surface area contributed by atoms with Gasteiger partial charge < -0.3 is 10.5 Å². The summed E-state index contributed by atoms with van der Waals surface area (Å²) in [6.45, 7) is 1.40. The topological polar surface area (TPSA) is 35.2 Å².